The summed E-state index contributed by atoms with van der Waals surface area (Å²) in [4.78, 5) is 27.1. The Balaban J connectivity index is 2.07. The van der Waals surface area contributed by atoms with Gasteiger partial charge in [-0.15, -0.1) is 0 Å². The number of carbonyl (C=O) groups is 2. The van der Waals surface area contributed by atoms with Crippen LogP contribution in [0.2, 0.25) is 0 Å². The third kappa shape index (κ3) is 3.51. The van der Waals surface area contributed by atoms with Crippen molar-refractivity contribution in [3.8, 4) is 0 Å². The zero-order valence-corrected chi connectivity index (χ0v) is 16.2. The molecule has 0 aliphatic rings. The molecule has 2 aromatic carbocycles. The number of esters is 1. The summed E-state index contributed by atoms with van der Waals surface area (Å²) < 4.78 is 6.89. The number of carbonyl (C=O) groups excluding carboxylic acids is 2. The van der Waals surface area contributed by atoms with Crippen molar-refractivity contribution in [3.63, 3.8) is 0 Å². The van der Waals surface area contributed by atoms with Crippen molar-refractivity contribution >= 4 is 22.7 Å². The van der Waals surface area contributed by atoms with E-state index in [0.29, 0.717) is 16.7 Å². The Hall–Kier alpha value is -2.92. The molecule has 0 fully saturated rings. The number of fused-ring (bicyclic) bond motifs is 1. The van der Waals surface area contributed by atoms with E-state index in [4.69, 9.17) is 4.74 Å². The van der Waals surface area contributed by atoms with E-state index in [1.54, 1.807) is 24.3 Å². The molecular weight excluding hydrogens is 340 g/mol. The molecule has 140 valence electrons. The van der Waals surface area contributed by atoms with Gasteiger partial charge in [0.15, 0.2) is 5.78 Å². The molecule has 0 spiro atoms. The number of para-hydroxylation sites is 1. The lowest BCUT2D eigenvalue weighted by Gasteiger charge is -2.17. The van der Waals surface area contributed by atoms with E-state index < -0.39 is 5.97 Å². The third-order valence-electron chi connectivity index (χ3n) is 4.95. The second-order valence-corrected chi connectivity index (χ2v) is 6.62. The molecular formula is C22H24N2O3. The number of benzene rings is 2. The zero-order chi connectivity index (χ0) is 19.6. The number of nitrogens with zero attached hydrogens (tertiary/aromatic N) is 2. The van der Waals surface area contributed by atoms with E-state index in [9.17, 15) is 9.59 Å². The zero-order valence-electron chi connectivity index (χ0n) is 16.2. The average molecular weight is 364 g/mol. The fourth-order valence-corrected chi connectivity index (χ4v) is 3.26. The maximum atomic E-state index is 13.3. The Labute approximate surface area is 159 Å². The first-order valence-corrected chi connectivity index (χ1v) is 8.97. The summed E-state index contributed by atoms with van der Waals surface area (Å²) in [6.45, 7) is 5.73. The van der Waals surface area contributed by atoms with Crippen LogP contribution in [0, 0.1) is 6.92 Å². The number of hydrogen-bond acceptors (Lipinski definition) is 4. The Morgan fingerprint density at radius 2 is 1.67 bits per heavy atom. The highest BCUT2D eigenvalue weighted by atomic mass is 16.5. The number of aromatic nitrogens is 1. The predicted molar refractivity (Wildman–Crippen MR) is 106 cm³/mol. The monoisotopic (exact) mass is 364 g/mol. The molecule has 0 saturated carbocycles. The molecule has 1 heterocycles. The molecule has 1 aromatic heterocycles. The van der Waals surface area contributed by atoms with Gasteiger partial charge in [-0.2, -0.15) is 0 Å². The van der Waals surface area contributed by atoms with E-state index >= 15 is 0 Å². The molecule has 0 radical (unpaired) electrons. The van der Waals surface area contributed by atoms with E-state index in [-0.39, 0.29) is 5.78 Å². The lowest BCUT2D eigenvalue weighted by Crippen LogP contribution is -2.22. The lowest BCUT2D eigenvalue weighted by molar-refractivity contribution is 0.0600. The molecule has 3 aromatic rings. The SMILES string of the molecule is CCN(C)Cn1c(C)c(C(=O)c2ccc(C(=O)OC)cc2)c2ccccc21. The molecule has 0 saturated heterocycles. The summed E-state index contributed by atoms with van der Waals surface area (Å²) in [5, 5.41) is 0.946. The van der Waals surface area contributed by atoms with Gasteiger partial charge >= 0.3 is 5.97 Å². The summed E-state index contributed by atoms with van der Waals surface area (Å²) in [5.41, 5.74) is 3.68. The third-order valence-corrected chi connectivity index (χ3v) is 4.95. The lowest BCUT2D eigenvalue weighted by atomic mass is 9.99. The van der Waals surface area contributed by atoms with Gasteiger partial charge in [0, 0.05) is 16.6 Å². The van der Waals surface area contributed by atoms with Crippen LogP contribution in [0.3, 0.4) is 0 Å². The van der Waals surface area contributed by atoms with Crippen molar-refractivity contribution in [1.29, 1.82) is 0 Å². The van der Waals surface area contributed by atoms with Crippen LogP contribution in [0.4, 0.5) is 0 Å². The smallest absolute Gasteiger partial charge is 0.337 e. The van der Waals surface area contributed by atoms with Gasteiger partial charge in [-0.3, -0.25) is 9.69 Å². The summed E-state index contributed by atoms with van der Waals surface area (Å²) in [7, 11) is 3.40. The van der Waals surface area contributed by atoms with Gasteiger partial charge < -0.3 is 9.30 Å². The van der Waals surface area contributed by atoms with Crippen LogP contribution in [-0.2, 0) is 11.4 Å². The van der Waals surface area contributed by atoms with E-state index in [0.717, 1.165) is 29.8 Å². The molecule has 5 nitrogen and oxygen atoms in total. The van der Waals surface area contributed by atoms with Crippen LogP contribution in [0.15, 0.2) is 48.5 Å². The fourth-order valence-electron chi connectivity index (χ4n) is 3.26. The largest absolute Gasteiger partial charge is 0.465 e. The Bertz CT molecular complexity index is 987. The number of methoxy groups -OCH3 is 1. The molecule has 0 bridgehead atoms. The normalized spacial score (nSPS) is 11.1. The van der Waals surface area contributed by atoms with Gasteiger partial charge in [0.05, 0.1) is 30.4 Å². The first-order valence-electron chi connectivity index (χ1n) is 8.97. The highest BCUT2D eigenvalue weighted by molar-refractivity contribution is 6.17. The van der Waals surface area contributed by atoms with Crippen molar-refractivity contribution in [2.45, 2.75) is 20.5 Å². The number of ketones is 1. The number of hydrogen-bond donors (Lipinski definition) is 0. The second kappa shape index (κ2) is 7.76. The first-order chi connectivity index (χ1) is 13.0. The predicted octanol–water partition coefficient (Wildman–Crippen LogP) is 3.88. The molecule has 0 amide bonds. The Morgan fingerprint density at radius 3 is 2.30 bits per heavy atom. The van der Waals surface area contributed by atoms with E-state index in [1.807, 2.05) is 31.2 Å². The van der Waals surface area contributed by atoms with Crippen LogP contribution >= 0.6 is 0 Å². The highest BCUT2D eigenvalue weighted by Gasteiger charge is 2.21. The van der Waals surface area contributed by atoms with Gasteiger partial charge in [-0.05, 0) is 38.7 Å². The van der Waals surface area contributed by atoms with Gasteiger partial charge in [0.1, 0.15) is 0 Å². The van der Waals surface area contributed by atoms with Gasteiger partial charge in [-0.25, -0.2) is 4.79 Å². The van der Waals surface area contributed by atoms with Crippen molar-refractivity contribution < 1.29 is 14.3 Å². The molecule has 0 unspecified atom stereocenters. The topological polar surface area (TPSA) is 51.5 Å². The maximum Gasteiger partial charge on any atom is 0.337 e. The minimum atomic E-state index is -0.413. The minimum Gasteiger partial charge on any atom is -0.465 e. The summed E-state index contributed by atoms with van der Waals surface area (Å²) in [6, 6.07) is 14.6. The first kappa shape index (κ1) is 18.9. The van der Waals surface area contributed by atoms with Crippen molar-refractivity contribution in [2.75, 3.05) is 20.7 Å². The van der Waals surface area contributed by atoms with Gasteiger partial charge in [0.25, 0.3) is 0 Å². The quantitative estimate of drug-likeness (QED) is 0.492. The van der Waals surface area contributed by atoms with Crippen LogP contribution in [-0.4, -0.2) is 41.9 Å². The maximum absolute atomic E-state index is 13.3. The van der Waals surface area contributed by atoms with Gasteiger partial charge in [-0.1, -0.05) is 37.3 Å². The highest BCUT2D eigenvalue weighted by Crippen LogP contribution is 2.28. The molecule has 5 heteroatoms. The molecule has 3 rings (SSSR count). The Kier molecular flexibility index (Phi) is 5.42. The van der Waals surface area contributed by atoms with Gasteiger partial charge in [0.2, 0.25) is 0 Å². The standard InChI is InChI=1S/C22H24N2O3/c1-5-23(3)14-24-15(2)20(18-8-6-7-9-19(18)24)21(25)16-10-12-17(13-11-16)22(26)27-4/h6-13H,5,14H2,1-4H3. The van der Waals surface area contributed by atoms with Crippen LogP contribution in [0.25, 0.3) is 10.9 Å². The second-order valence-electron chi connectivity index (χ2n) is 6.62. The van der Waals surface area contributed by atoms with Crippen molar-refractivity contribution in [1.82, 2.24) is 9.47 Å². The van der Waals surface area contributed by atoms with Crippen molar-refractivity contribution in [3.05, 3.63) is 70.9 Å². The van der Waals surface area contributed by atoms with Crippen LogP contribution < -0.4 is 0 Å². The molecule has 0 aliphatic heterocycles. The average Bonchev–Trinajstić information content (AvgIpc) is 2.98. The van der Waals surface area contributed by atoms with Crippen molar-refractivity contribution in [2.24, 2.45) is 0 Å². The fraction of sp³-hybridized carbons (Fsp3) is 0.273. The molecule has 0 aliphatic carbocycles. The Morgan fingerprint density at radius 1 is 1.04 bits per heavy atom. The van der Waals surface area contributed by atoms with Crippen LogP contribution in [0.1, 0.15) is 38.9 Å². The van der Waals surface area contributed by atoms with E-state index in [2.05, 4.69) is 23.4 Å². The molecule has 0 N–H and O–H groups in total. The molecule has 27 heavy (non-hydrogen) atoms. The van der Waals surface area contributed by atoms with E-state index in [1.165, 1.54) is 7.11 Å². The minimum absolute atomic E-state index is 0.0435. The molecule has 0 atom stereocenters. The van der Waals surface area contributed by atoms with Crippen LogP contribution in [0.5, 0.6) is 0 Å². The summed E-state index contributed by atoms with van der Waals surface area (Å²) >= 11 is 0. The summed E-state index contributed by atoms with van der Waals surface area (Å²) in [5.74, 6) is -0.456. The number of rotatable bonds is 6. The summed E-state index contributed by atoms with van der Waals surface area (Å²) in [6.07, 6.45) is 0. The number of ether oxygens (including phenoxy) is 1.